The Labute approximate surface area is 106 Å². The zero-order valence-corrected chi connectivity index (χ0v) is 11.0. The second-order valence-electron chi connectivity index (χ2n) is 3.70. The number of sulfonamides is 1. The molecule has 0 aliphatic rings. The van der Waals surface area contributed by atoms with Gasteiger partial charge < -0.3 is 9.84 Å². The van der Waals surface area contributed by atoms with E-state index in [0.717, 1.165) is 4.31 Å². The summed E-state index contributed by atoms with van der Waals surface area (Å²) in [4.78, 5) is 10.6. The SMILES string of the molecule is COCc1ccccc1S(=O)(=O)N(C)CC(=O)O. The van der Waals surface area contributed by atoms with Crippen LogP contribution in [0.5, 0.6) is 0 Å². The third-order valence-corrected chi connectivity index (χ3v) is 4.22. The molecule has 7 heteroatoms. The maximum Gasteiger partial charge on any atom is 0.318 e. The molecule has 0 aliphatic heterocycles. The molecule has 0 aromatic heterocycles. The zero-order chi connectivity index (χ0) is 13.8. The van der Waals surface area contributed by atoms with Crippen LogP contribution in [0.1, 0.15) is 5.56 Å². The third-order valence-electron chi connectivity index (χ3n) is 2.32. The molecule has 1 N–H and O–H groups in total. The highest BCUT2D eigenvalue weighted by atomic mass is 32.2. The smallest absolute Gasteiger partial charge is 0.318 e. The van der Waals surface area contributed by atoms with Crippen LogP contribution in [0.4, 0.5) is 0 Å². The molecule has 0 heterocycles. The molecule has 1 aromatic rings. The van der Waals surface area contributed by atoms with Crippen molar-refractivity contribution in [3.63, 3.8) is 0 Å². The number of likely N-dealkylation sites (N-methyl/N-ethyl adjacent to an activating group) is 1. The predicted octanol–water partition coefficient (Wildman–Crippen LogP) is 0.538. The third kappa shape index (κ3) is 3.28. The number of rotatable bonds is 6. The van der Waals surface area contributed by atoms with Crippen LogP contribution in [-0.2, 0) is 26.2 Å². The Kier molecular flexibility index (Phi) is 4.83. The van der Waals surface area contributed by atoms with Crippen molar-refractivity contribution in [3.8, 4) is 0 Å². The molecule has 0 radical (unpaired) electrons. The van der Waals surface area contributed by atoms with E-state index in [4.69, 9.17) is 9.84 Å². The van der Waals surface area contributed by atoms with Gasteiger partial charge in [0.05, 0.1) is 11.5 Å². The van der Waals surface area contributed by atoms with Crippen LogP contribution >= 0.6 is 0 Å². The number of hydrogen-bond donors (Lipinski definition) is 1. The zero-order valence-electron chi connectivity index (χ0n) is 10.2. The lowest BCUT2D eigenvalue weighted by molar-refractivity contribution is -0.137. The molecule has 0 amide bonds. The quantitative estimate of drug-likeness (QED) is 0.817. The van der Waals surface area contributed by atoms with Crippen molar-refractivity contribution in [2.45, 2.75) is 11.5 Å². The van der Waals surface area contributed by atoms with Gasteiger partial charge in [-0.1, -0.05) is 18.2 Å². The Morgan fingerprint density at radius 1 is 1.39 bits per heavy atom. The lowest BCUT2D eigenvalue weighted by Crippen LogP contribution is -2.32. The molecule has 0 atom stereocenters. The van der Waals surface area contributed by atoms with Gasteiger partial charge in [0.25, 0.3) is 0 Å². The summed E-state index contributed by atoms with van der Waals surface area (Å²) in [5.41, 5.74) is 0.497. The Morgan fingerprint density at radius 3 is 2.56 bits per heavy atom. The van der Waals surface area contributed by atoms with Gasteiger partial charge in [0.1, 0.15) is 6.54 Å². The Morgan fingerprint density at radius 2 is 2.00 bits per heavy atom. The first-order chi connectivity index (χ1) is 8.39. The number of benzene rings is 1. The molecular formula is C11H15NO5S. The average molecular weight is 273 g/mol. The van der Waals surface area contributed by atoms with Crippen molar-refractivity contribution in [2.75, 3.05) is 20.7 Å². The van der Waals surface area contributed by atoms with E-state index in [2.05, 4.69) is 0 Å². The standard InChI is InChI=1S/C11H15NO5S/c1-12(7-11(13)14)18(15,16)10-6-4-3-5-9(10)8-17-2/h3-6H,7-8H2,1-2H3,(H,13,14). The van der Waals surface area contributed by atoms with E-state index in [1.807, 2.05) is 0 Å². The van der Waals surface area contributed by atoms with Crippen LogP contribution in [0.3, 0.4) is 0 Å². The van der Waals surface area contributed by atoms with Gasteiger partial charge in [0.15, 0.2) is 0 Å². The summed E-state index contributed by atoms with van der Waals surface area (Å²) >= 11 is 0. The largest absolute Gasteiger partial charge is 0.480 e. The van der Waals surface area contributed by atoms with E-state index in [1.165, 1.54) is 20.2 Å². The molecule has 6 nitrogen and oxygen atoms in total. The van der Waals surface area contributed by atoms with Gasteiger partial charge in [-0.15, -0.1) is 0 Å². The van der Waals surface area contributed by atoms with Crippen LogP contribution in [0.2, 0.25) is 0 Å². The number of ether oxygens (including phenoxy) is 1. The van der Waals surface area contributed by atoms with Crippen LogP contribution < -0.4 is 0 Å². The molecule has 0 bridgehead atoms. The van der Waals surface area contributed by atoms with Crippen molar-refractivity contribution in [2.24, 2.45) is 0 Å². The molecule has 1 rings (SSSR count). The van der Waals surface area contributed by atoms with E-state index < -0.39 is 22.5 Å². The normalized spacial score (nSPS) is 11.7. The first-order valence-corrected chi connectivity index (χ1v) is 6.58. The van der Waals surface area contributed by atoms with Crippen LogP contribution in [0, 0.1) is 0 Å². The number of hydrogen-bond acceptors (Lipinski definition) is 4. The van der Waals surface area contributed by atoms with E-state index in [-0.39, 0.29) is 11.5 Å². The van der Waals surface area contributed by atoms with Crippen molar-refractivity contribution in [3.05, 3.63) is 29.8 Å². The van der Waals surface area contributed by atoms with E-state index in [0.29, 0.717) is 5.56 Å². The number of carboxylic acid groups (broad SMARTS) is 1. The summed E-state index contributed by atoms with van der Waals surface area (Å²) in [6.07, 6.45) is 0. The monoisotopic (exact) mass is 273 g/mol. The van der Waals surface area contributed by atoms with Gasteiger partial charge in [-0.25, -0.2) is 8.42 Å². The summed E-state index contributed by atoms with van der Waals surface area (Å²) in [6, 6.07) is 6.35. The fourth-order valence-corrected chi connectivity index (χ4v) is 2.80. The number of methoxy groups -OCH3 is 1. The molecule has 0 saturated heterocycles. The van der Waals surface area contributed by atoms with Gasteiger partial charge in [0.2, 0.25) is 10.0 Å². The molecule has 0 spiro atoms. The minimum absolute atomic E-state index is 0.0654. The second-order valence-corrected chi connectivity index (χ2v) is 5.71. The first-order valence-electron chi connectivity index (χ1n) is 5.14. The summed E-state index contributed by atoms with van der Waals surface area (Å²) in [6.45, 7) is -0.431. The van der Waals surface area contributed by atoms with Gasteiger partial charge >= 0.3 is 5.97 Å². The highest BCUT2D eigenvalue weighted by molar-refractivity contribution is 7.89. The first kappa shape index (κ1) is 14.6. The van der Waals surface area contributed by atoms with Crippen LogP contribution in [-0.4, -0.2) is 44.5 Å². The minimum Gasteiger partial charge on any atom is -0.480 e. The molecule has 100 valence electrons. The second kappa shape index (κ2) is 5.94. The Hall–Kier alpha value is -1.44. The molecule has 0 saturated carbocycles. The van der Waals surface area contributed by atoms with Crippen molar-refractivity contribution in [1.82, 2.24) is 4.31 Å². The maximum atomic E-state index is 12.2. The number of aliphatic carboxylic acids is 1. The van der Waals surface area contributed by atoms with Crippen LogP contribution in [0.25, 0.3) is 0 Å². The predicted molar refractivity (Wildman–Crippen MR) is 64.6 cm³/mol. The van der Waals surface area contributed by atoms with Gasteiger partial charge in [-0.3, -0.25) is 4.79 Å². The van der Waals surface area contributed by atoms with Crippen LogP contribution in [0.15, 0.2) is 29.2 Å². The molecule has 1 aromatic carbocycles. The topological polar surface area (TPSA) is 83.9 Å². The number of nitrogens with zero attached hydrogens (tertiary/aromatic N) is 1. The van der Waals surface area contributed by atoms with E-state index >= 15 is 0 Å². The highest BCUT2D eigenvalue weighted by Gasteiger charge is 2.25. The molecule has 0 unspecified atom stereocenters. The van der Waals surface area contributed by atoms with Crippen molar-refractivity contribution in [1.29, 1.82) is 0 Å². The maximum absolute atomic E-state index is 12.2. The van der Waals surface area contributed by atoms with Gasteiger partial charge in [0, 0.05) is 14.2 Å². The van der Waals surface area contributed by atoms with Gasteiger partial charge in [-0.05, 0) is 11.6 Å². The molecular weight excluding hydrogens is 258 g/mol. The van der Waals surface area contributed by atoms with Gasteiger partial charge in [-0.2, -0.15) is 4.31 Å². The molecule has 18 heavy (non-hydrogen) atoms. The fraction of sp³-hybridized carbons (Fsp3) is 0.364. The highest BCUT2D eigenvalue weighted by Crippen LogP contribution is 2.19. The number of carbonyl (C=O) groups is 1. The summed E-state index contributed by atoms with van der Waals surface area (Å²) in [7, 11) is -1.12. The Balaban J connectivity index is 3.15. The Bertz CT molecular complexity index is 526. The summed E-state index contributed by atoms with van der Waals surface area (Å²) < 4.78 is 30.1. The van der Waals surface area contributed by atoms with E-state index in [9.17, 15) is 13.2 Å². The average Bonchev–Trinajstić information content (AvgIpc) is 2.29. The summed E-state index contributed by atoms with van der Waals surface area (Å²) in [5, 5.41) is 8.64. The van der Waals surface area contributed by atoms with E-state index in [1.54, 1.807) is 18.2 Å². The molecule has 0 fully saturated rings. The van der Waals surface area contributed by atoms with Crippen molar-refractivity contribution >= 4 is 16.0 Å². The lowest BCUT2D eigenvalue weighted by Gasteiger charge is -2.17. The number of carboxylic acids is 1. The minimum atomic E-state index is -3.81. The summed E-state index contributed by atoms with van der Waals surface area (Å²) in [5.74, 6) is -1.20. The van der Waals surface area contributed by atoms with Crippen molar-refractivity contribution < 1.29 is 23.1 Å². The molecule has 0 aliphatic carbocycles. The fourth-order valence-electron chi connectivity index (χ4n) is 1.47. The lowest BCUT2D eigenvalue weighted by atomic mass is 10.2.